The predicted molar refractivity (Wildman–Crippen MR) is 92.0 cm³/mol. The van der Waals surface area contributed by atoms with Gasteiger partial charge in [-0.05, 0) is 38.6 Å². The highest BCUT2D eigenvalue weighted by molar-refractivity contribution is 6.04. The molecule has 2 fully saturated rings. The molecule has 2 heterocycles. The van der Waals surface area contributed by atoms with Crippen molar-refractivity contribution in [2.45, 2.75) is 12.8 Å². The number of amides is 2. The molecule has 6 nitrogen and oxygen atoms in total. The number of nitrogens with one attached hydrogen (secondary N) is 1. The zero-order valence-corrected chi connectivity index (χ0v) is 14.2. The molecular formula is C18H25N3O3. The van der Waals surface area contributed by atoms with E-state index in [0.717, 1.165) is 25.9 Å². The van der Waals surface area contributed by atoms with Crippen LogP contribution in [0.1, 0.15) is 23.2 Å². The zero-order valence-electron chi connectivity index (χ0n) is 14.2. The van der Waals surface area contributed by atoms with Crippen molar-refractivity contribution in [2.24, 2.45) is 5.92 Å². The maximum absolute atomic E-state index is 12.7. The fraction of sp³-hybridized carbons (Fsp3) is 0.556. The van der Waals surface area contributed by atoms with Crippen LogP contribution in [0.5, 0.6) is 0 Å². The molecular weight excluding hydrogens is 306 g/mol. The first-order valence-electron chi connectivity index (χ1n) is 8.60. The van der Waals surface area contributed by atoms with Crippen LogP contribution in [0.2, 0.25) is 0 Å². The van der Waals surface area contributed by atoms with E-state index in [9.17, 15) is 9.59 Å². The van der Waals surface area contributed by atoms with E-state index >= 15 is 0 Å². The summed E-state index contributed by atoms with van der Waals surface area (Å²) in [5, 5.41) is 2.98. The van der Waals surface area contributed by atoms with Crippen molar-refractivity contribution in [1.82, 2.24) is 9.80 Å². The molecule has 130 valence electrons. The lowest BCUT2D eigenvalue weighted by molar-refractivity contribution is -0.121. The first-order valence-corrected chi connectivity index (χ1v) is 8.60. The maximum Gasteiger partial charge on any atom is 0.256 e. The van der Waals surface area contributed by atoms with Gasteiger partial charge in [0.2, 0.25) is 5.91 Å². The molecule has 1 N–H and O–H groups in total. The van der Waals surface area contributed by atoms with Gasteiger partial charge in [-0.15, -0.1) is 0 Å². The second kappa shape index (κ2) is 7.77. The molecule has 0 aromatic heterocycles. The summed E-state index contributed by atoms with van der Waals surface area (Å²) in [5.41, 5.74) is 1.16. The van der Waals surface area contributed by atoms with Crippen molar-refractivity contribution in [3.05, 3.63) is 29.8 Å². The van der Waals surface area contributed by atoms with Gasteiger partial charge in [0.1, 0.15) is 0 Å². The highest BCUT2D eigenvalue weighted by Gasteiger charge is 2.26. The summed E-state index contributed by atoms with van der Waals surface area (Å²) in [6.45, 7) is 4.12. The number of likely N-dealkylation sites (tertiary alicyclic amines) is 1. The number of para-hydroxylation sites is 1. The molecule has 3 rings (SSSR count). The van der Waals surface area contributed by atoms with E-state index < -0.39 is 0 Å². The molecule has 24 heavy (non-hydrogen) atoms. The van der Waals surface area contributed by atoms with E-state index in [0.29, 0.717) is 37.6 Å². The first kappa shape index (κ1) is 16.9. The van der Waals surface area contributed by atoms with Crippen LogP contribution in [-0.4, -0.2) is 68.1 Å². The molecule has 2 amide bonds. The van der Waals surface area contributed by atoms with Crippen LogP contribution >= 0.6 is 0 Å². The Bertz CT molecular complexity index is 599. The average molecular weight is 331 g/mol. The van der Waals surface area contributed by atoms with Gasteiger partial charge in [0, 0.05) is 19.6 Å². The monoisotopic (exact) mass is 331 g/mol. The summed E-state index contributed by atoms with van der Waals surface area (Å²) in [4.78, 5) is 29.3. The highest BCUT2D eigenvalue weighted by Crippen LogP contribution is 2.21. The molecule has 0 unspecified atom stereocenters. The number of piperidine rings is 1. The molecule has 0 bridgehead atoms. The number of anilines is 1. The van der Waals surface area contributed by atoms with E-state index in [1.165, 1.54) is 0 Å². The van der Waals surface area contributed by atoms with E-state index in [1.54, 1.807) is 17.0 Å². The fourth-order valence-electron chi connectivity index (χ4n) is 3.33. The van der Waals surface area contributed by atoms with Crippen molar-refractivity contribution in [3.8, 4) is 0 Å². The summed E-state index contributed by atoms with van der Waals surface area (Å²) in [6.07, 6.45) is 1.93. The van der Waals surface area contributed by atoms with Gasteiger partial charge in [-0.2, -0.15) is 0 Å². The lowest BCUT2D eigenvalue weighted by Crippen LogP contribution is -2.41. The number of rotatable bonds is 3. The Kier molecular flexibility index (Phi) is 5.48. The SMILES string of the molecule is CN1CCC[C@H](C(=O)Nc2ccccc2C(=O)N2CCOCC2)C1. The Balaban J connectivity index is 1.71. The average Bonchev–Trinajstić information content (AvgIpc) is 2.62. The summed E-state index contributed by atoms with van der Waals surface area (Å²) >= 11 is 0. The number of ether oxygens (including phenoxy) is 1. The van der Waals surface area contributed by atoms with E-state index in [2.05, 4.69) is 10.2 Å². The Hall–Kier alpha value is -1.92. The van der Waals surface area contributed by atoms with Gasteiger partial charge in [-0.25, -0.2) is 0 Å². The number of hydrogen-bond donors (Lipinski definition) is 1. The van der Waals surface area contributed by atoms with Crippen LogP contribution in [0.15, 0.2) is 24.3 Å². The van der Waals surface area contributed by atoms with Gasteiger partial charge < -0.3 is 19.9 Å². The van der Waals surface area contributed by atoms with Gasteiger partial charge >= 0.3 is 0 Å². The third kappa shape index (κ3) is 3.94. The van der Waals surface area contributed by atoms with Crippen LogP contribution in [-0.2, 0) is 9.53 Å². The van der Waals surface area contributed by atoms with Gasteiger partial charge in [0.05, 0.1) is 30.4 Å². The molecule has 1 aromatic rings. The minimum absolute atomic E-state index is 0.00350. The minimum atomic E-state index is -0.0463. The Morgan fingerprint density at radius 3 is 2.67 bits per heavy atom. The minimum Gasteiger partial charge on any atom is -0.378 e. The molecule has 0 saturated carbocycles. The van der Waals surface area contributed by atoms with Crippen LogP contribution in [0.4, 0.5) is 5.69 Å². The van der Waals surface area contributed by atoms with Crippen molar-refractivity contribution >= 4 is 17.5 Å². The van der Waals surface area contributed by atoms with Crippen LogP contribution in [0.3, 0.4) is 0 Å². The van der Waals surface area contributed by atoms with E-state index in [4.69, 9.17) is 4.74 Å². The Labute approximate surface area is 142 Å². The Morgan fingerprint density at radius 2 is 1.92 bits per heavy atom. The third-order valence-corrected chi connectivity index (χ3v) is 4.71. The van der Waals surface area contributed by atoms with Gasteiger partial charge in [0.15, 0.2) is 0 Å². The van der Waals surface area contributed by atoms with Crippen LogP contribution in [0.25, 0.3) is 0 Å². The number of nitrogens with zero attached hydrogens (tertiary/aromatic N) is 2. The van der Waals surface area contributed by atoms with E-state index in [1.807, 2.05) is 19.2 Å². The summed E-state index contributed by atoms with van der Waals surface area (Å²) in [7, 11) is 2.04. The largest absolute Gasteiger partial charge is 0.378 e. The molecule has 0 radical (unpaired) electrons. The molecule has 6 heteroatoms. The quantitative estimate of drug-likeness (QED) is 0.910. The lowest BCUT2D eigenvalue weighted by Gasteiger charge is -2.29. The second-order valence-corrected chi connectivity index (χ2v) is 6.54. The maximum atomic E-state index is 12.7. The Morgan fingerprint density at radius 1 is 1.17 bits per heavy atom. The fourth-order valence-corrected chi connectivity index (χ4v) is 3.33. The van der Waals surface area contributed by atoms with Gasteiger partial charge in [-0.3, -0.25) is 9.59 Å². The molecule has 1 aromatic carbocycles. The molecule has 2 aliphatic rings. The lowest BCUT2D eigenvalue weighted by atomic mass is 9.97. The zero-order chi connectivity index (χ0) is 16.9. The smallest absolute Gasteiger partial charge is 0.256 e. The van der Waals surface area contributed by atoms with Crippen LogP contribution in [0, 0.1) is 5.92 Å². The number of carbonyl (C=O) groups is 2. The normalized spacial score (nSPS) is 22.2. The first-order chi connectivity index (χ1) is 11.6. The second-order valence-electron chi connectivity index (χ2n) is 6.54. The molecule has 2 aliphatic heterocycles. The standard InChI is InChI=1S/C18H25N3O3/c1-20-8-4-5-14(13-20)17(22)19-16-7-3-2-6-15(16)18(23)21-9-11-24-12-10-21/h2-3,6-7,14H,4-5,8-13H2,1H3,(H,19,22)/t14-/m0/s1. The topological polar surface area (TPSA) is 61.9 Å². The number of morpholine rings is 1. The van der Waals surface area contributed by atoms with Crippen molar-refractivity contribution in [3.63, 3.8) is 0 Å². The van der Waals surface area contributed by atoms with Gasteiger partial charge in [-0.1, -0.05) is 12.1 Å². The predicted octanol–water partition coefficient (Wildman–Crippen LogP) is 1.44. The molecule has 0 spiro atoms. The summed E-state index contributed by atoms with van der Waals surface area (Å²) in [6, 6.07) is 7.26. The molecule has 0 aliphatic carbocycles. The highest BCUT2D eigenvalue weighted by atomic mass is 16.5. The third-order valence-electron chi connectivity index (χ3n) is 4.71. The molecule has 1 atom stereocenters. The number of benzene rings is 1. The van der Waals surface area contributed by atoms with Crippen LogP contribution < -0.4 is 5.32 Å². The number of hydrogen-bond acceptors (Lipinski definition) is 4. The summed E-state index contributed by atoms with van der Waals surface area (Å²) in [5.74, 6) is -0.0611. The van der Waals surface area contributed by atoms with Crippen molar-refractivity contribution in [2.75, 3.05) is 51.8 Å². The van der Waals surface area contributed by atoms with E-state index in [-0.39, 0.29) is 17.7 Å². The van der Waals surface area contributed by atoms with Crippen molar-refractivity contribution < 1.29 is 14.3 Å². The van der Waals surface area contributed by atoms with Gasteiger partial charge in [0.25, 0.3) is 5.91 Å². The number of carbonyl (C=O) groups excluding carboxylic acids is 2. The molecule has 2 saturated heterocycles. The summed E-state index contributed by atoms with van der Waals surface area (Å²) < 4.78 is 5.30. The van der Waals surface area contributed by atoms with Crippen molar-refractivity contribution in [1.29, 1.82) is 0 Å².